The van der Waals surface area contributed by atoms with Gasteiger partial charge in [-0.25, -0.2) is 13.2 Å². The van der Waals surface area contributed by atoms with Gasteiger partial charge in [0.15, 0.2) is 0 Å². The van der Waals surface area contributed by atoms with E-state index in [1.807, 2.05) is 25.7 Å². The molecule has 0 radical (unpaired) electrons. The first kappa shape index (κ1) is 22.4. The fraction of sp³-hybridized carbons (Fsp3) is 0.417. The summed E-state index contributed by atoms with van der Waals surface area (Å²) in [6.07, 6.45) is 0.641. The van der Waals surface area contributed by atoms with E-state index in [0.717, 1.165) is 16.5 Å². The molecule has 30 heavy (non-hydrogen) atoms. The summed E-state index contributed by atoms with van der Waals surface area (Å²) in [4.78, 5) is 5.27. The number of halogens is 3. The fourth-order valence-electron chi connectivity index (χ4n) is 4.26. The van der Waals surface area contributed by atoms with Crippen molar-refractivity contribution >= 4 is 10.9 Å². The maximum absolute atomic E-state index is 14.9. The average molecular weight is 419 g/mol. The average Bonchev–Trinajstić information content (AvgIpc) is 3.08. The Morgan fingerprint density at radius 3 is 2.43 bits per heavy atom. The Bertz CT molecular complexity index is 1010. The van der Waals surface area contributed by atoms with Gasteiger partial charge in [0.05, 0.1) is 6.04 Å². The van der Waals surface area contributed by atoms with Crippen LogP contribution in [0.5, 0.6) is 0 Å². The minimum Gasteiger partial charge on any atom is -0.396 e. The van der Waals surface area contributed by atoms with Crippen LogP contribution in [0.25, 0.3) is 10.9 Å². The van der Waals surface area contributed by atoms with E-state index in [4.69, 9.17) is 0 Å². The molecule has 1 aliphatic heterocycles. The van der Waals surface area contributed by atoms with E-state index in [1.165, 1.54) is 24.3 Å². The van der Waals surface area contributed by atoms with E-state index < -0.39 is 17.7 Å². The van der Waals surface area contributed by atoms with Crippen molar-refractivity contribution in [3.63, 3.8) is 0 Å². The summed E-state index contributed by atoms with van der Waals surface area (Å²) in [7, 11) is 0. The Morgan fingerprint density at radius 2 is 1.80 bits per heavy atom. The Hall–Kier alpha value is -2.31. The Morgan fingerprint density at radius 1 is 1.13 bits per heavy atom. The van der Waals surface area contributed by atoms with Crippen LogP contribution in [0.4, 0.5) is 13.2 Å². The number of aryl methyl sites for hydroxylation is 1. The number of aliphatic hydroxyl groups excluding tert-OH is 1. The summed E-state index contributed by atoms with van der Waals surface area (Å²) in [6, 6.07) is 6.51. The number of rotatable bonds is 4. The predicted molar refractivity (Wildman–Crippen MR) is 114 cm³/mol. The molecule has 4 rings (SSSR count). The van der Waals surface area contributed by atoms with E-state index in [1.54, 1.807) is 13.0 Å². The van der Waals surface area contributed by atoms with Crippen molar-refractivity contribution in [3.8, 4) is 0 Å². The Kier molecular flexibility index (Phi) is 6.88. The standard InChI is InChI=1S/C22H23F3N2O.C2H6/c1-12-7-17(24)20(18(25)8-12)22-21-15(5-6-27(22)10-13(2)11-28)16-9-14(23)3-4-19(16)26-21;1-2/h3-4,7-9,13,22,26,28H,5-6,10-11H2,1-2H3;1-2H3. The molecule has 0 spiro atoms. The summed E-state index contributed by atoms with van der Waals surface area (Å²) in [5.74, 6) is -1.57. The van der Waals surface area contributed by atoms with E-state index in [2.05, 4.69) is 4.98 Å². The third-order valence-electron chi connectivity index (χ3n) is 5.54. The molecule has 3 nitrogen and oxygen atoms in total. The highest BCUT2D eigenvalue weighted by Crippen LogP contribution is 2.40. The Labute approximate surface area is 175 Å². The second-order valence-corrected chi connectivity index (χ2v) is 7.78. The summed E-state index contributed by atoms with van der Waals surface area (Å²) in [5, 5.41) is 10.2. The summed E-state index contributed by atoms with van der Waals surface area (Å²) < 4.78 is 43.6. The van der Waals surface area contributed by atoms with Gasteiger partial charge in [0.25, 0.3) is 0 Å². The van der Waals surface area contributed by atoms with Crippen LogP contribution in [0.2, 0.25) is 0 Å². The number of hydrogen-bond donors (Lipinski definition) is 2. The van der Waals surface area contributed by atoms with Gasteiger partial charge in [-0.2, -0.15) is 0 Å². The molecular weight excluding hydrogens is 389 g/mol. The van der Waals surface area contributed by atoms with E-state index >= 15 is 0 Å². The third-order valence-corrected chi connectivity index (χ3v) is 5.54. The normalized spacial score (nSPS) is 17.4. The maximum Gasteiger partial charge on any atom is 0.131 e. The van der Waals surface area contributed by atoms with Gasteiger partial charge in [0.2, 0.25) is 0 Å². The van der Waals surface area contributed by atoms with Crippen molar-refractivity contribution in [3.05, 3.63) is 70.2 Å². The highest BCUT2D eigenvalue weighted by Gasteiger charge is 2.35. The second-order valence-electron chi connectivity index (χ2n) is 7.78. The van der Waals surface area contributed by atoms with Gasteiger partial charge in [0.1, 0.15) is 17.5 Å². The number of benzene rings is 2. The number of nitrogens with one attached hydrogen (secondary N) is 1. The lowest BCUT2D eigenvalue weighted by Gasteiger charge is -2.37. The summed E-state index contributed by atoms with van der Waals surface area (Å²) in [5.41, 5.74) is 2.85. The first-order valence-corrected chi connectivity index (χ1v) is 10.5. The monoisotopic (exact) mass is 418 g/mol. The van der Waals surface area contributed by atoms with Gasteiger partial charge in [-0.15, -0.1) is 0 Å². The van der Waals surface area contributed by atoms with Crippen molar-refractivity contribution in [2.24, 2.45) is 5.92 Å². The molecule has 2 heterocycles. The highest BCUT2D eigenvalue weighted by atomic mass is 19.1. The maximum atomic E-state index is 14.9. The predicted octanol–water partition coefficient (Wildman–Crippen LogP) is 5.50. The van der Waals surface area contributed by atoms with Gasteiger partial charge < -0.3 is 10.1 Å². The van der Waals surface area contributed by atoms with Crippen LogP contribution in [-0.2, 0) is 6.42 Å². The molecule has 3 aromatic rings. The molecule has 0 aliphatic carbocycles. The number of aliphatic hydroxyl groups is 1. The zero-order chi connectivity index (χ0) is 22.0. The summed E-state index contributed by atoms with van der Waals surface area (Å²) in [6.45, 7) is 8.61. The summed E-state index contributed by atoms with van der Waals surface area (Å²) >= 11 is 0. The number of H-pyrrole nitrogens is 1. The van der Waals surface area contributed by atoms with E-state index in [9.17, 15) is 18.3 Å². The highest BCUT2D eigenvalue weighted by molar-refractivity contribution is 5.85. The van der Waals surface area contributed by atoms with Crippen molar-refractivity contribution in [1.29, 1.82) is 0 Å². The van der Waals surface area contributed by atoms with Crippen LogP contribution in [0.1, 0.15) is 49.2 Å². The zero-order valence-electron chi connectivity index (χ0n) is 17.9. The number of hydrogen-bond acceptors (Lipinski definition) is 2. The van der Waals surface area contributed by atoms with Crippen LogP contribution in [0.3, 0.4) is 0 Å². The van der Waals surface area contributed by atoms with Gasteiger partial charge in [0, 0.05) is 41.9 Å². The lowest BCUT2D eigenvalue weighted by atomic mass is 9.90. The minimum absolute atomic E-state index is 0.00709. The SMILES string of the molecule is CC.Cc1cc(F)c(C2c3[nH]c4ccc(F)cc4c3CCN2CC(C)CO)c(F)c1. The van der Waals surface area contributed by atoms with Gasteiger partial charge >= 0.3 is 0 Å². The molecule has 0 saturated carbocycles. The molecule has 1 aromatic heterocycles. The molecule has 0 fully saturated rings. The molecule has 2 atom stereocenters. The van der Waals surface area contributed by atoms with Crippen LogP contribution < -0.4 is 0 Å². The van der Waals surface area contributed by atoms with Crippen LogP contribution in [-0.4, -0.2) is 34.7 Å². The molecule has 2 N–H and O–H groups in total. The quantitative estimate of drug-likeness (QED) is 0.588. The van der Waals surface area contributed by atoms with Gasteiger partial charge in [-0.3, -0.25) is 4.90 Å². The topological polar surface area (TPSA) is 39.3 Å². The number of nitrogens with zero attached hydrogens (tertiary/aromatic N) is 1. The largest absolute Gasteiger partial charge is 0.396 e. The molecule has 2 unspecified atom stereocenters. The minimum atomic E-state index is -0.659. The van der Waals surface area contributed by atoms with Crippen molar-refractivity contribution in [1.82, 2.24) is 9.88 Å². The van der Waals surface area contributed by atoms with Crippen molar-refractivity contribution in [2.45, 2.75) is 40.2 Å². The first-order valence-electron chi connectivity index (χ1n) is 10.5. The van der Waals surface area contributed by atoms with Gasteiger partial charge in [-0.05, 0) is 60.7 Å². The molecule has 1 aliphatic rings. The molecule has 0 amide bonds. The first-order chi connectivity index (χ1) is 14.4. The van der Waals surface area contributed by atoms with E-state index in [-0.39, 0.29) is 23.9 Å². The molecule has 0 bridgehead atoms. The van der Waals surface area contributed by atoms with E-state index in [0.29, 0.717) is 30.8 Å². The lowest BCUT2D eigenvalue weighted by Crippen LogP contribution is -2.40. The second kappa shape index (κ2) is 9.23. The van der Waals surface area contributed by atoms with Crippen LogP contribution in [0, 0.1) is 30.3 Å². The van der Waals surface area contributed by atoms with Crippen molar-refractivity contribution < 1.29 is 18.3 Å². The lowest BCUT2D eigenvalue weighted by molar-refractivity contribution is 0.140. The molecule has 2 aromatic carbocycles. The third kappa shape index (κ3) is 4.12. The smallest absolute Gasteiger partial charge is 0.131 e. The number of aromatic amines is 1. The zero-order valence-corrected chi connectivity index (χ0v) is 17.9. The number of fused-ring (bicyclic) bond motifs is 3. The van der Waals surface area contributed by atoms with Crippen LogP contribution in [0.15, 0.2) is 30.3 Å². The van der Waals surface area contributed by atoms with Gasteiger partial charge in [-0.1, -0.05) is 20.8 Å². The molecule has 162 valence electrons. The molecule has 6 heteroatoms. The van der Waals surface area contributed by atoms with Crippen LogP contribution >= 0.6 is 0 Å². The van der Waals surface area contributed by atoms with Crippen molar-refractivity contribution in [2.75, 3.05) is 19.7 Å². The Balaban J connectivity index is 0.00000124. The fourth-order valence-corrected chi connectivity index (χ4v) is 4.26. The molecular formula is C24H29F3N2O. The molecule has 0 saturated heterocycles. The number of aromatic nitrogens is 1.